The summed E-state index contributed by atoms with van der Waals surface area (Å²) in [7, 11) is 0. The lowest BCUT2D eigenvalue weighted by Crippen LogP contribution is -2.36. The van der Waals surface area contributed by atoms with Crippen molar-refractivity contribution < 1.29 is 4.79 Å². The molecule has 3 rings (SSSR count). The Hall–Kier alpha value is -2.43. The maximum atomic E-state index is 13.1. The van der Waals surface area contributed by atoms with Crippen molar-refractivity contribution in [3.8, 4) is 11.4 Å². The molecule has 0 unspecified atom stereocenters. The highest BCUT2D eigenvalue weighted by atomic mass is 16.2. The van der Waals surface area contributed by atoms with Crippen molar-refractivity contribution in [1.29, 1.82) is 0 Å². The fourth-order valence-electron chi connectivity index (χ4n) is 3.56. The summed E-state index contributed by atoms with van der Waals surface area (Å²) in [6.07, 6.45) is 5.44. The highest BCUT2D eigenvalue weighted by molar-refractivity contribution is 5.93. The van der Waals surface area contributed by atoms with Gasteiger partial charge in [-0.05, 0) is 32.1 Å². The lowest BCUT2D eigenvalue weighted by Gasteiger charge is -2.27. The normalized spacial score (nSPS) is 14.2. The van der Waals surface area contributed by atoms with Gasteiger partial charge < -0.3 is 9.80 Å². The molecule has 0 radical (unpaired) electrons. The summed E-state index contributed by atoms with van der Waals surface area (Å²) in [4.78, 5) is 26.8. The lowest BCUT2D eigenvalue weighted by atomic mass is 10.1. The third-order valence-electron chi connectivity index (χ3n) is 4.92. The third kappa shape index (κ3) is 4.85. The van der Waals surface area contributed by atoms with Crippen LogP contribution in [0.2, 0.25) is 0 Å². The molecule has 0 spiro atoms. The second kappa shape index (κ2) is 9.49. The maximum absolute atomic E-state index is 13.1. The molecule has 1 aliphatic heterocycles. The van der Waals surface area contributed by atoms with Crippen LogP contribution in [0.4, 0.5) is 5.82 Å². The molecule has 5 nitrogen and oxygen atoms in total. The summed E-state index contributed by atoms with van der Waals surface area (Å²) in [5.74, 6) is 1.52. The van der Waals surface area contributed by atoms with E-state index < -0.39 is 0 Å². The van der Waals surface area contributed by atoms with E-state index in [1.807, 2.05) is 41.3 Å². The van der Waals surface area contributed by atoms with Gasteiger partial charge in [0, 0.05) is 37.8 Å². The lowest BCUT2D eigenvalue weighted by molar-refractivity contribution is 0.0718. The van der Waals surface area contributed by atoms with Gasteiger partial charge >= 0.3 is 0 Å². The zero-order chi connectivity index (χ0) is 19.1. The number of aromatic nitrogens is 2. The molecule has 0 aliphatic carbocycles. The molecule has 1 fully saturated rings. The van der Waals surface area contributed by atoms with E-state index in [9.17, 15) is 4.79 Å². The first-order chi connectivity index (χ1) is 13.2. The number of carbonyl (C=O) groups excluding carboxylic acids is 1. The van der Waals surface area contributed by atoms with Gasteiger partial charge in [-0.15, -0.1) is 0 Å². The van der Waals surface area contributed by atoms with Crippen LogP contribution >= 0.6 is 0 Å². The van der Waals surface area contributed by atoms with Crippen LogP contribution in [0, 0.1) is 0 Å². The topological polar surface area (TPSA) is 49.3 Å². The number of carbonyl (C=O) groups is 1. The first-order valence-corrected chi connectivity index (χ1v) is 10.2. The average molecular weight is 367 g/mol. The predicted molar refractivity (Wildman–Crippen MR) is 110 cm³/mol. The smallest absolute Gasteiger partial charge is 0.272 e. The molecule has 0 bridgehead atoms. The number of likely N-dealkylation sites (tertiary alicyclic amines) is 1. The summed E-state index contributed by atoms with van der Waals surface area (Å²) in [6.45, 7) is 7.84. The molecule has 1 aliphatic rings. The van der Waals surface area contributed by atoms with Gasteiger partial charge in [0.1, 0.15) is 11.5 Å². The van der Waals surface area contributed by atoms with Gasteiger partial charge in [0.25, 0.3) is 5.91 Å². The summed E-state index contributed by atoms with van der Waals surface area (Å²) < 4.78 is 0. The maximum Gasteiger partial charge on any atom is 0.272 e. The van der Waals surface area contributed by atoms with Crippen molar-refractivity contribution in [2.45, 2.75) is 46.0 Å². The van der Waals surface area contributed by atoms with Gasteiger partial charge in [-0.3, -0.25) is 4.79 Å². The fraction of sp³-hybridized carbons (Fsp3) is 0.500. The number of benzene rings is 1. The summed E-state index contributed by atoms with van der Waals surface area (Å²) in [5, 5.41) is 0. The second-order valence-electron chi connectivity index (χ2n) is 7.14. The number of hydrogen-bond acceptors (Lipinski definition) is 4. The molecule has 0 saturated carbocycles. The minimum absolute atomic E-state index is 0.0310. The Labute approximate surface area is 162 Å². The van der Waals surface area contributed by atoms with E-state index in [2.05, 4.69) is 23.7 Å². The zero-order valence-electron chi connectivity index (χ0n) is 16.5. The fourth-order valence-corrected chi connectivity index (χ4v) is 3.56. The Morgan fingerprint density at radius 1 is 1.00 bits per heavy atom. The number of piperidine rings is 1. The zero-order valence-corrected chi connectivity index (χ0v) is 16.5. The first kappa shape index (κ1) is 19.3. The Balaban J connectivity index is 2.00. The first-order valence-electron chi connectivity index (χ1n) is 10.2. The van der Waals surface area contributed by atoms with Gasteiger partial charge in [0.15, 0.2) is 5.82 Å². The molecule has 1 aromatic heterocycles. The predicted octanol–water partition coefficient (Wildman–Crippen LogP) is 4.40. The molecule has 2 heterocycles. The summed E-state index contributed by atoms with van der Waals surface area (Å²) in [5.41, 5.74) is 1.46. The monoisotopic (exact) mass is 366 g/mol. The number of amides is 1. The molecule has 2 aromatic rings. The third-order valence-corrected chi connectivity index (χ3v) is 4.92. The quantitative estimate of drug-likeness (QED) is 0.729. The molecule has 0 atom stereocenters. The van der Waals surface area contributed by atoms with Crippen molar-refractivity contribution in [3.63, 3.8) is 0 Å². The Morgan fingerprint density at radius 2 is 1.67 bits per heavy atom. The Kier molecular flexibility index (Phi) is 6.80. The van der Waals surface area contributed by atoms with E-state index in [-0.39, 0.29) is 5.91 Å². The highest BCUT2D eigenvalue weighted by Gasteiger charge is 2.22. The Bertz CT molecular complexity index is 735. The molecule has 144 valence electrons. The van der Waals surface area contributed by atoms with Crippen LogP contribution in [-0.4, -0.2) is 47.0 Å². The Morgan fingerprint density at radius 3 is 2.30 bits per heavy atom. The number of nitrogens with zero attached hydrogens (tertiary/aromatic N) is 4. The summed E-state index contributed by atoms with van der Waals surface area (Å²) in [6, 6.07) is 11.8. The SMILES string of the molecule is CCCN(CCC)c1cc(C(=O)N2CCCCC2)nc(-c2ccccc2)n1. The van der Waals surface area contributed by atoms with Crippen molar-refractivity contribution in [2.75, 3.05) is 31.1 Å². The van der Waals surface area contributed by atoms with Gasteiger partial charge in [0.05, 0.1) is 0 Å². The van der Waals surface area contributed by atoms with Crippen LogP contribution in [0.25, 0.3) is 11.4 Å². The van der Waals surface area contributed by atoms with Gasteiger partial charge in [-0.1, -0.05) is 44.2 Å². The largest absolute Gasteiger partial charge is 0.357 e. The molecule has 5 heteroatoms. The molecular weight excluding hydrogens is 336 g/mol. The number of hydrogen-bond donors (Lipinski definition) is 0. The molecule has 1 aromatic carbocycles. The van der Waals surface area contributed by atoms with Gasteiger partial charge in [0.2, 0.25) is 0 Å². The van der Waals surface area contributed by atoms with Crippen molar-refractivity contribution in [1.82, 2.24) is 14.9 Å². The van der Waals surface area contributed by atoms with E-state index in [0.717, 1.165) is 63.2 Å². The van der Waals surface area contributed by atoms with E-state index in [0.29, 0.717) is 11.5 Å². The highest BCUT2D eigenvalue weighted by Crippen LogP contribution is 2.22. The van der Waals surface area contributed by atoms with Crippen LogP contribution in [0.1, 0.15) is 56.4 Å². The average Bonchev–Trinajstić information content (AvgIpc) is 2.74. The van der Waals surface area contributed by atoms with Gasteiger partial charge in [-0.2, -0.15) is 0 Å². The van der Waals surface area contributed by atoms with E-state index in [1.54, 1.807) is 0 Å². The van der Waals surface area contributed by atoms with E-state index >= 15 is 0 Å². The van der Waals surface area contributed by atoms with Crippen LogP contribution in [-0.2, 0) is 0 Å². The van der Waals surface area contributed by atoms with Crippen molar-refractivity contribution >= 4 is 11.7 Å². The van der Waals surface area contributed by atoms with Crippen molar-refractivity contribution in [2.24, 2.45) is 0 Å². The number of anilines is 1. The van der Waals surface area contributed by atoms with E-state index in [4.69, 9.17) is 4.98 Å². The molecule has 27 heavy (non-hydrogen) atoms. The van der Waals surface area contributed by atoms with Crippen molar-refractivity contribution in [3.05, 3.63) is 42.1 Å². The number of rotatable bonds is 7. The molecule has 0 N–H and O–H groups in total. The standard InChI is InChI=1S/C22H30N4O/c1-3-13-25(14-4-2)20-17-19(22(27)26-15-9-6-10-16-26)23-21(24-20)18-11-7-5-8-12-18/h5,7-8,11-12,17H,3-4,6,9-10,13-16H2,1-2H3. The summed E-state index contributed by atoms with van der Waals surface area (Å²) >= 11 is 0. The minimum atomic E-state index is 0.0310. The van der Waals surface area contributed by atoms with Crippen LogP contribution in [0.3, 0.4) is 0 Å². The molecular formula is C22H30N4O. The molecule has 1 saturated heterocycles. The van der Waals surface area contributed by atoms with E-state index in [1.165, 1.54) is 6.42 Å². The molecule has 1 amide bonds. The minimum Gasteiger partial charge on any atom is -0.357 e. The second-order valence-corrected chi connectivity index (χ2v) is 7.14. The van der Waals surface area contributed by atoms with Crippen LogP contribution < -0.4 is 4.90 Å². The van der Waals surface area contributed by atoms with Crippen LogP contribution in [0.15, 0.2) is 36.4 Å². The van der Waals surface area contributed by atoms with Gasteiger partial charge in [-0.25, -0.2) is 9.97 Å². The van der Waals surface area contributed by atoms with Crippen LogP contribution in [0.5, 0.6) is 0 Å².